The number of hydrogen-bond acceptors (Lipinski definition) is 5. The van der Waals surface area contributed by atoms with E-state index in [0.29, 0.717) is 24.4 Å². The molecule has 1 N–H and O–H groups in total. The summed E-state index contributed by atoms with van der Waals surface area (Å²) in [5.41, 5.74) is 2.45. The van der Waals surface area contributed by atoms with Crippen LogP contribution in [0.15, 0.2) is 29.1 Å². The number of benzene rings is 1. The standard InChI is InChI=1S/C22H26N6O2/c1-3-17-23-19-18(20(29)24-17)25-26-28(19)16-5-4-12-27(13-16)21(30)22(10-11-22)15-8-6-14(2)7-9-15/h6-9,16H,3-5,10-13H2,1-2H3,(H,23,24,29). The SMILES string of the molecule is CCc1nc2c(nnn2C2CCCN(C(=O)C3(c4ccc(C)cc4)CC3)C2)c(=O)[nH]1. The molecule has 2 aliphatic rings. The fraction of sp³-hybridized carbons (Fsp3) is 0.500. The second-order valence-corrected chi connectivity index (χ2v) is 8.57. The molecule has 5 rings (SSSR count). The van der Waals surface area contributed by atoms with Crippen molar-refractivity contribution >= 4 is 17.1 Å². The largest absolute Gasteiger partial charge is 0.340 e. The minimum Gasteiger partial charge on any atom is -0.340 e. The minimum absolute atomic E-state index is 0.0273. The molecule has 8 nitrogen and oxygen atoms in total. The molecule has 2 fully saturated rings. The summed E-state index contributed by atoms with van der Waals surface area (Å²) < 4.78 is 1.74. The fourth-order valence-corrected chi connectivity index (χ4v) is 4.56. The van der Waals surface area contributed by atoms with Crippen LogP contribution in [-0.4, -0.2) is 48.9 Å². The lowest BCUT2D eigenvalue weighted by atomic mass is 9.92. The Labute approximate surface area is 174 Å². The number of carbonyl (C=O) groups excluding carboxylic acids is 1. The topological polar surface area (TPSA) is 96.8 Å². The predicted molar refractivity (Wildman–Crippen MR) is 112 cm³/mol. The number of rotatable bonds is 4. The van der Waals surface area contributed by atoms with Gasteiger partial charge in [-0.3, -0.25) is 9.59 Å². The number of amides is 1. The molecule has 0 radical (unpaired) electrons. The summed E-state index contributed by atoms with van der Waals surface area (Å²) in [5.74, 6) is 0.830. The lowest BCUT2D eigenvalue weighted by molar-refractivity contribution is -0.135. The van der Waals surface area contributed by atoms with E-state index in [0.717, 1.165) is 37.8 Å². The molecule has 1 aromatic carbocycles. The van der Waals surface area contributed by atoms with Gasteiger partial charge in [0.2, 0.25) is 5.91 Å². The molecule has 1 saturated heterocycles. The van der Waals surface area contributed by atoms with Gasteiger partial charge >= 0.3 is 0 Å². The fourth-order valence-electron chi connectivity index (χ4n) is 4.56. The number of fused-ring (bicyclic) bond motifs is 1. The number of nitrogens with zero attached hydrogens (tertiary/aromatic N) is 5. The number of carbonyl (C=O) groups is 1. The molecule has 1 aliphatic carbocycles. The number of aromatic amines is 1. The monoisotopic (exact) mass is 406 g/mol. The lowest BCUT2D eigenvalue weighted by Crippen LogP contribution is -2.45. The highest BCUT2D eigenvalue weighted by Gasteiger charge is 2.53. The third-order valence-corrected chi connectivity index (χ3v) is 6.51. The van der Waals surface area contributed by atoms with E-state index in [2.05, 4.69) is 51.5 Å². The molecule has 3 heterocycles. The molecule has 3 aromatic rings. The Bertz CT molecular complexity index is 1160. The number of H-pyrrole nitrogens is 1. The maximum atomic E-state index is 13.5. The number of aryl methyl sites for hydroxylation is 2. The molecule has 2 aromatic heterocycles. The predicted octanol–water partition coefficient (Wildman–Crippen LogP) is 2.28. The third kappa shape index (κ3) is 3.02. The number of nitrogens with one attached hydrogen (secondary N) is 1. The Balaban J connectivity index is 1.42. The Morgan fingerprint density at radius 2 is 2.03 bits per heavy atom. The van der Waals surface area contributed by atoms with E-state index in [1.165, 1.54) is 5.56 Å². The Hall–Kier alpha value is -3.03. The Morgan fingerprint density at radius 1 is 1.27 bits per heavy atom. The average Bonchev–Trinajstić information content (AvgIpc) is 3.46. The highest BCUT2D eigenvalue weighted by Crippen LogP contribution is 2.50. The minimum atomic E-state index is -0.370. The van der Waals surface area contributed by atoms with Gasteiger partial charge in [-0.05, 0) is 38.2 Å². The van der Waals surface area contributed by atoms with Crippen molar-refractivity contribution in [1.29, 1.82) is 0 Å². The van der Waals surface area contributed by atoms with Crippen molar-refractivity contribution in [3.63, 3.8) is 0 Å². The quantitative estimate of drug-likeness (QED) is 0.717. The zero-order chi connectivity index (χ0) is 20.9. The molecule has 1 unspecified atom stereocenters. The van der Waals surface area contributed by atoms with Crippen LogP contribution in [0, 0.1) is 6.92 Å². The molecule has 8 heteroatoms. The molecule has 1 saturated carbocycles. The number of hydrogen-bond donors (Lipinski definition) is 1. The van der Waals surface area contributed by atoms with E-state index in [4.69, 9.17) is 0 Å². The van der Waals surface area contributed by atoms with Gasteiger partial charge in [0.1, 0.15) is 5.82 Å². The molecule has 156 valence electrons. The van der Waals surface area contributed by atoms with E-state index in [9.17, 15) is 9.59 Å². The van der Waals surface area contributed by atoms with Gasteiger partial charge in [0.05, 0.1) is 11.5 Å². The summed E-state index contributed by atoms with van der Waals surface area (Å²) in [6, 6.07) is 8.32. The zero-order valence-electron chi connectivity index (χ0n) is 17.4. The van der Waals surface area contributed by atoms with Crippen molar-refractivity contribution in [3.05, 3.63) is 51.6 Å². The summed E-state index contributed by atoms with van der Waals surface area (Å²) >= 11 is 0. The first-order valence-corrected chi connectivity index (χ1v) is 10.7. The van der Waals surface area contributed by atoms with Gasteiger partial charge in [-0.25, -0.2) is 9.67 Å². The summed E-state index contributed by atoms with van der Waals surface area (Å²) in [6.45, 7) is 5.33. The average molecular weight is 406 g/mol. The second kappa shape index (κ2) is 7.04. The van der Waals surface area contributed by atoms with Crippen LogP contribution >= 0.6 is 0 Å². The Morgan fingerprint density at radius 3 is 2.73 bits per heavy atom. The van der Waals surface area contributed by atoms with Crippen LogP contribution in [-0.2, 0) is 16.6 Å². The van der Waals surface area contributed by atoms with Gasteiger partial charge in [-0.2, -0.15) is 0 Å². The van der Waals surface area contributed by atoms with Crippen LogP contribution in [0.2, 0.25) is 0 Å². The molecule has 1 atom stereocenters. The van der Waals surface area contributed by atoms with Crippen molar-refractivity contribution < 1.29 is 4.79 Å². The van der Waals surface area contributed by atoms with Gasteiger partial charge in [0.15, 0.2) is 11.2 Å². The van der Waals surface area contributed by atoms with Gasteiger partial charge in [0, 0.05) is 19.5 Å². The molecule has 0 bridgehead atoms. The van der Waals surface area contributed by atoms with Crippen LogP contribution in [0.4, 0.5) is 0 Å². The first-order valence-electron chi connectivity index (χ1n) is 10.7. The Kier molecular flexibility index (Phi) is 4.45. The number of likely N-dealkylation sites (tertiary alicyclic amines) is 1. The zero-order valence-corrected chi connectivity index (χ0v) is 17.4. The summed E-state index contributed by atoms with van der Waals surface area (Å²) in [4.78, 5) is 35.1. The first-order chi connectivity index (χ1) is 14.5. The summed E-state index contributed by atoms with van der Waals surface area (Å²) in [7, 11) is 0. The molecule has 1 aliphatic heterocycles. The maximum absolute atomic E-state index is 13.5. The van der Waals surface area contributed by atoms with Crippen molar-refractivity contribution in [2.24, 2.45) is 0 Å². The number of aromatic nitrogens is 5. The van der Waals surface area contributed by atoms with Crippen LogP contribution in [0.5, 0.6) is 0 Å². The van der Waals surface area contributed by atoms with Crippen LogP contribution in [0.25, 0.3) is 11.2 Å². The summed E-state index contributed by atoms with van der Waals surface area (Å²) in [5, 5.41) is 8.30. The first kappa shape index (κ1) is 19.0. The van der Waals surface area contributed by atoms with E-state index in [1.54, 1.807) is 4.68 Å². The maximum Gasteiger partial charge on any atom is 0.281 e. The van der Waals surface area contributed by atoms with E-state index in [-0.39, 0.29) is 28.4 Å². The molecule has 1 amide bonds. The second-order valence-electron chi connectivity index (χ2n) is 8.57. The van der Waals surface area contributed by atoms with Gasteiger partial charge < -0.3 is 9.88 Å². The molecule has 30 heavy (non-hydrogen) atoms. The van der Waals surface area contributed by atoms with Gasteiger partial charge in [-0.1, -0.05) is 42.0 Å². The van der Waals surface area contributed by atoms with Crippen molar-refractivity contribution in [2.45, 2.75) is 57.4 Å². The highest BCUT2D eigenvalue weighted by molar-refractivity contribution is 5.91. The van der Waals surface area contributed by atoms with Crippen molar-refractivity contribution in [1.82, 2.24) is 29.9 Å². The van der Waals surface area contributed by atoms with Gasteiger partial charge in [-0.15, -0.1) is 5.10 Å². The lowest BCUT2D eigenvalue weighted by Gasteiger charge is -2.35. The van der Waals surface area contributed by atoms with E-state index in [1.807, 2.05) is 11.8 Å². The normalized spacial score (nSPS) is 20.5. The number of piperidine rings is 1. The van der Waals surface area contributed by atoms with Crippen molar-refractivity contribution in [3.8, 4) is 0 Å². The molecular weight excluding hydrogens is 380 g/mol. The van der Waals surface area contributed by atoms with Crippen LogP contribution in [0.3, 0.4) is 0 Å². The van der Waals surface area contributed by atoms with E-state index >= 15 is 0 Å². The smallest absolute Gasteiger partial charge is 0.281 e. The van der Waals surface area contributed by atoms with Gasteiger partial charge in [0.25, 0.3) is 5.56 Å². The molecular formula is C22H26N6O2. The van der Waals surface area contributed by atoms with Crippen LogP contribution in [0.1, 0.15) is 55.6 Å². The van der Waals surface area contributed by atoms with E-state index < -0.39 is 0 Å². The van der Waals surface area contributed by atoms with Crippen LogP contribution < -0.4 is 5.56 Å². The molecule has 0 spiro atoms. The van der Waals surface area contributed by atoms with Crippen molar-refractivity contribution in [2.75, 3.05) is 13.1 Å². The third-order valence-electron chi connectivity index (χ3n) is 6.51. The highest BCUT2D eigenvalue weighted by atomic mass is 16.2. The summed E-state index contributed by atoms with van der Waals surface area (Å²) in [6.07, 6.45) is 4.21.